The van der Waals surface area contributed by atoms with Crippen LogP contribution in [0.25, 0.3) is 0 Å². The third kappa shape index (κ3) is 2.88. The number of carbonyl (C=O) groups is 1. The monoisotopic (exact) mass is 225 g/mol. The maximum atomic E-state index is 11.7. The first-order valence-electron chi connectivity index (χ1n) is 4.30. The van der Waals surface area contributed by atoms with Crippen LogP contribution < -0.4 is 17.0 Å². The third-order valence-corrected chi connectivity index (χ3v) is 2.10. The van der Waals surface area contributed by atoms with Gasteiger partial charge >= 0.3 is 0 Å². The predicted molar refractivity (Wildman–Crippen MR) is 60.4 cm³/mol. The molecule has 6 heteroatoms. The van der Waals surface area contributed by atoms with E-state index in [-0.39, 0.29) is 29.1 Å². The van der Waals surface area contributed by atoms with Crippen LogP contribution in [0.2, 0.25) is 0 Å². The predicted octanol–water partition coefficient (Wildman–Crippen LogP) is -0.642. The quantitative estimate of drug-likeness (QED) is 0.667. The second kappa shape index (κ2) is 4.70. The zero-order chi connectivity index (χ0) is 11.4. The Morgan fingerprint density at radius 2 is 2.13 bits per heavy atom. The van der Waals surface area contributed by atoms with Gasteiger partial charge in [-0.25, -0.2) is 0 Å². The van der Waals surface area contributed by atoms with Crippen LogP contribution in [0.4, 0.5) is 0 Å². The van der Waals surface area contributed by atoms with E-state index in [1.807, 2.05) is 0 Å². The van der Waals surface area contributed by atoms with Gasteiger partial charge in [0.15, 0.2) is 0 Å². The summed E-state index contributed by atoms with van der Waals surface area (Å²) in [5.41, 5.74) is 10.3. The van der Waals surface area contributed by atoms with Crippen LogP contribution >= 0.6 is 12.2 Å². The van der Waals surface area contributed by atoms with Crippen molar-refractivity contribution < 1.29 is 4.79 Å². The van der Waals surface area contributed by atoms with Crippen molar-refractivity contribution in [1.82, 2.24) is 4.57 Å². The van der Waals surface area contributed by atoms with Gasteiger partial charge in [0.25, 0.3) is 5.56 Å². The molecule has 0 bridgehead atoms. The molecule has 1 aromatic rings. The summed E-state index contributed by atoms with van der Waals surface area (Å²) in [5, 5.41) is 0. The summed E-state index contributed by atoms with van der Waals surface area (Å²) in [6.45, 7) is 0.241. The number of aryl methyl sites for hydroxylation is 1. The first-order valence-corrected chi connectivity index (χ1v) is 4.70. The topological polar surface area (TPSA) is 91.1 Å². The van der Waals surface area contributed by atoms with Gasteiger partial charge in [-0.05, 0) is 12.1 Å². The highest BCUT2D eigenvalue weighted by Gasteiger charge is 2.05. The highest BCUT2D eigenvalue weighted by atomic mass is 32.1. The molecule has 1 aromatic heterocycles. The molecule has 4 N–H and O–H groups in total. The fourth-order valence-electron chi connectivity index (χ4n) is 1.13. The molecule has 0 spiro atoms. The van der Waals surface area contributed by atoms with Crippen LogP contribution in [0.5, 0.6) is 0 Å². The van der Waals surface area contributed by atoms with Crippen molar-refractivity contribution >= 4 is 23.1 Å². The molecule has 0 saturated heterocycles. The fourth-order valence-corrected chi connectivity index (χ4v) is 1.29. The summed E-state index contributed by atoms with van der Waals surface area (Å²) in [5.74, 6) is -0.456. The molecular weight excluding hydrogens is 214 g/mol. The van der Waals surface area contributed by atoms with E-state index in [9.17, 15) is 9.59 Å². The average molecular weight is 225 g/mol. The summed E-state index contributed by atoms with van der Waals surface area (Å²) >= 11 is 4.72. The second-order valence-electron chi connectivity index (χ2n) is 3.00. The van der Waals surface area contributed by atoms with E-state index in [2.05, 4.69) is 0 Å². The van der Waals surface area contributed by atoms with Crippen molar-refractivity contribution in [3.05, 3.63) is 34.2 Å². The van der Waals surface area contributed by atoms with Crippen LogP contribution in [0, 0.1) is 0 Å². The van der Waals surface area contributed by atoms with Gasteiger partial charge in [0.2, 0.25) is 5.91 Å². The molecule has 0 saturated carbocycles. The normalized spacial score (nSPS) is 9.87. The van der Waals surface area contributed by atoms with Crippen molar-refractivity contribution in [2.24, 2.45) is 11.5 Å². The lowest BCUT2D eigenvalue weighted by atomic mass is 10.2. The Bertz CT molecular complexity index is 453. The van der Waals surface area contributed by atoms with Crippen molar-refractivity contribution in [3.63, 3.8) is 0 Å². The number of carbonyl (C=O) groups excluding carboxylic acids is 1. The molecule has 15 heavy (non-hydrogen) atoms. The summed E-state index contributed by atoms with van der Waals surface area (Å²) in [7, 11) is 0. The molecule has 1 rings (SSSR count). The molecule has 5 nitrogen and oxygen atoms in total. The minimum Gasteiger partial charge on any atom is -0.389 e. The van der Waals surface area contributed by atoms with Gasteiger partial charge in [0, 0.05) is 19.2 Å². The summed E-state index contributed by atoms with van der Waals surface area (Å²) < 4.78 is 1.36. The molecule has 0 unspecified atom stereocenters. The lowest BCUT2D eigenvalue weighted by Crippen LogP contribution is -2.29. The minimum absolute atomic E-state index is 0.0495. The molecule has 0 aliphatic carbocycles. The van der Waals surface area contributed by atoms with Gasteiger partial charge in [0.05, 0.1) is 5.56 Å². The van der Waals surface area contributed by atoms with Crippen LogP contribution in [0.15, 0.2) is 23.1 Å². The lowest BCUT2D eigenvalue weighted by Gasteiger charge is -2.05. The number of nitrogens with zero attached hydrogens (tertiary/aromatic N) is 1. The lowest BCUT2D eigenvalue weighted by molar-refractivity contribution is -0.118. The van der Waals surface area contributed by atoms with E-state index in [0.29, 0.717) is 0 Å². The number of hydrogen-bond donors (Lipinski definition) is 2. The Morgan fingerprint density at radius 3 is 2.67 bits per heavy atom. The average Bonchev–Trinajstić information content (AvgIpc) is 2.15. The van der Waals surface area contributed by atoms with E-state index in [1.165, 1.54) is 4.57 Å². The Hall–Kier alpha value is -1.69. The molecule has 0 aromatic carbocycles. The molecule has 1 heterocycles. The van der Waals surface area contributed by atoms with Crippen molar-refractivity contribution in [3.8, 4) is 0 Å². The zero-order valence-electron chi connectivity index (χ0n) is 7.97. The number of amides is 1. The van der Waals surface area contributed by atoms with Crippen LogP contribution in [-0.2, 0) is 11.3 Å². The number of pyridine rings is 1. The molecule has 0 fully saturated rings. The number of rotatable bonds is 4. The number of hydrogen-bond acceptors (Lipinski definition) is 3. The number of primary amides is 1. The number of thiocarbonyl (C=S) groups is 1. The molecular formula is C9H11N3O2S. The van der Waals surface area contributed by atoms with Crippen LogP contribution in [0.1, 0.15) is 12.0 Å². The Labute approximate surface area is 91.7 Å². The SMILES string of the molecule is NC(=O)CCn1cccc(C(N)=S)c1=O. The van der Waals surface area contributed by atoms with Crippen LogP contribution in [-0.4, -0.2) is 15.5 Å². The number of nitrogens with two attached hydrogens (primary N) is 2. The molecule has 1 amide bonds. The third-order valence-electron chi connectivity index (χ3n) is 1.88. The van der Waals surface area contributed by atoms with Crippen molar-refractivity contribution in [1.29, 1.82) is 0 Å². The van der Waals surface area contributed by atoms with Gasteiger partial charge in [-0.1, -0.05) is 12.2 Å². The molecule has 80 valence electrons. The van der Waals surface area contributed by atoms with E-state index in [1.54, 1.807) is 18.3 Å². The molecule has 0 atom stereocenters. The molecule has 0 radical (unpaired) electrons. The first-order chi connectivity index (χ1) is 7.02. The Kier molecular flexibility index (Phi) is 3.56. The summed E-state index contributed by atoms with van der Waals surface area (Å²) in [4.78, 5) is 22.3. The maximum Gasteiger partial charge on any atom is 0.260 e. The van der Waals surface area contributed by atoms with Gasteiger partial charge < -0.3 is 16.0 Å². The minimum atomic E-state index is -0.456. The summed E-state index contributed by atoms with van der Waals surface area (Å²) in [6, 6.07) is 3.20. The Morgan fingerprint density at radius 1 is 1.47 bits per heavy atom. The highest BCUT2D eigenvalue weighted by molar-refractivity contribution is 7.80. The van der Waals surface area contributed by atoms with Crippen LogP contribution in [0.3, 0.4) is 0 Å². The van der Waals surface area contributed by atoms with Gasteiger partial charge in [-0.15, -0.1) is 0 Å². The van der Waals surface area contributed by atoms with E-state index >= 15 is 0 Å². The fraction of sp³-hybridized carbons (Fsp3) is 0.222. The maximum absolute atomic E-state index is 11.7. The Balaban J connectivity index is 3.00. The van der Waals surface area contributed by atoms with Crippen molar-refractivity contribution in [2.45, 2.75) is 13.0 Å². The smallest absolute Gasteiger partial charge is 0.260 e. The van der Waals surface area contributed by atoms with Gasteiger partial charge in [-0.2, -0.15) is 0 Å². The van der Waals surface area contributed by atoms with E-state index in [0.717, 1.165) is 0 Å². The second-order valence-corrected chi connectivity index (χ2v) is 3.44. The standard InChI is InChI=1S/C9H11N3O2S/c10-7(13)3-5-12-4-1-2-6(8(11)15)9(12)14/h1-2,4H,3,5H2,(H2,10,13)(H2,11,15). The summed E-state index contributed by atoms with van der Waals surface area (Å²) in [6.07, 6.45) is 1.67. The van der Waals surface area contributed by atoms with Gasteiger partial charge in [0.1, 0.15) is 4.99 Å². The largest absolute Gasteiger partial charge is 0.389 e. The zero-order valence-corrected chi connectivity index (χ0v) is 8.79. The first kappa shape index (κ1) is 11.4. The van der Waals surface area contributed by atoms with E-state index < -0.39 is 5.91 Å². The highest BCUT2D eigenvalue weighted by Crippen LogP contribution is 1.93. The molecule has 0 aliphatic rings. The molecule has 0 aliphatic heterocycles. The number of aromatic nitrogens is 1. The van der Waals surface area contributed by atoms with E-state index in [4.69, 9.17) is 23.7 Å². The van der Waals surface area contributed by atoms with Gasteiger partial charge in [-0.3, -0.25) is 9.59 Å². The van der Waals surface area contributed by atoms with Crippen molar-refractivity contribution in [2.75, 3.05) is 0 Å².